The molecule has 0 radical (unpaired) electrons. The van der Waals surface area contributed by atoms with Crippen molar-refractivity contribution < 1.29 is 14.2 Å². The second kappa shape index (κ2) is 12.0. The van der Waals surface area contributed by atoms with Crippen LogP contribution >= 0.6 is 0 Å². The van der Waals surface area contributed by atoms with Crippen LogP contribution in [-0.4, -0.2) is 75.5 Å². The van der Waals surface area contributed by atoms with Gasteiger partial charge < -0.3 is 24.8 Å². The lowest BCUT2D eigenvalue weighted by Crippen LogP contribution is -2.47. The summed E-state index contributed by atoms with van der Waals surface area (Å²) < 4.78 is 17.4. The maximum absolute atomic E-state index is 6.03. The minimum Gasteiger partial charge on any atom is -0.490 e. The number of morpholine rings is 1. The first-order valence-corrected chi connectivity index (χ1v) is 11.5. The molecule has 7 nitrogen and oxygen atoms in total. The Kier molecular flexibility index (Phi) is 9.08. The van der Waals surface area contributed by atoms with Crippen LogP contribution in [0.2, 0.25) is 0 Å². The Morgan fingerprint density at radius 2 is 2.00 bits per heavy atom. The standard InChI is InChI=1S/C23H38N4O3/c1-4-24-23(26-15-20-16-27-13-7-8-19(27)17-30-20)25-12-11-18-9-10-21(28-5-2)22(14-18)29-6-3/h9-10,14,19-20H,4-8,11-13,15-17H2,1-3H3,(H2,24,25,26). The van der Waals surface area contributed by atoms with E-state index in [-0.39, 0.29) is 6.10 Å². The zero-order valence-corrected chi connectivity index (χ0v) is 18.8. The van der Waals surface area contributed by atoms with Gasteiger partial charge in [-0.2, -0.15) is 0 Å². The van der Waals surface area contributed by atoms with E-state index in [1.165, 1.54) is 24.9 Å². The predicted octanol–water partition coefficient (Wildman–Crippen LogP) is 2.44. The number of benzene rings is 1. The molecule has 2 aliphatic rings. The second-order valence-corrected chi connectivity index (χ2v) is 7.79. The first-order chi connectivity index (χ1) is 14.7. The molecule has 2 atom stereocenters. The van der Waals surface area contributed by atoms with Crippen molar-refractivity contribution in [2.24, 2.45) is 4.99 Å². The lowest BCUT2D eigenvalue weighted by molar-refractivity contribution is -0.0432. The van der Waals surface area contributed by atoms with Crippen molar-refractivity contribution in [3.8, 4) is 11.5 Å². The molecule has 0 bridgehead atoms. The van der Waals surface area contributed by atoms with Gasteiger partial charge in [-0.3, -0.25) is 9.89 Å². The number of hydrogen-bond acceptors (Lipinski definition) is 5. The topological polar surface area (TPSA) is 67.4 Å². The van der Waals surface area contributed by atoms with E-state index >= 15 is 0 Å². The molecular formula is C23H38N4O3. The van der Waals surface area contributed by atoms with E-state index in [2.05, 4.69) is 34.6 Å². The minimum atomic E-state index is 0.190. The summed E-state index contributed by atoms with van der Waals surface area (Å²) in [5.41, 5.74) is 1.21. The number of nitrogens with zero attached hydrogens (tertiary/aromatic N) is 2. The Balaban J connectivity index is 1.49. The van der Waals surface area contributed by atoms with E-state index in [1.807, 2.05) is 19.9 Å². The lowest BCUT2D eigenvalue weighted by atomic mass is 10.1. The Labute approximate surface area is 181 Å². The highest BCUT2D eigenvalue weighted by Gasteiger charge is 2.31. The highest BCUT2D eigenvalue weighted by molar-refractivity contribution is 5.79. The van der Waals surface area contributed by atoms with Gasteiger partial charge in [0, 0.05) is 25.7 Å². The van der Waals surface area contributed by atoms with Gasteiger partial charge in [-0.05, 0) is 64.3 Å². The summed E-state index contributed by atoms with van der Waals surface area (Å²) in [6.45, 7) is 12.7. The van der Waals surface area contributed by atoms with E-state index in [1.54, 1.807) is 0 Å². The molecule has 2 heterocycles. The molecule has 2 fully saturated rings. The Morgan fingerprint density at radius 1 is 1.17 bits per heavy atom. The minimum absolute atomic E-state index is 0.190. The highest BCUT2D eigenvalue weighted by atomic mass is 16.5. The highest BCUT2D eigenvalue weighted by Crippen LogP contribution is 2.28. The van der Waals surface area contributed by atoms with E-state index in [0.717, 1.165) is 50.1 Å². The van der Waals surface area contributed by atoms with Gasteiger partial charge in [-0.15, -0.1) is 0 Å². The average molecular weight is 419 g/mol. The summed E-state index contributed by atoms with van der Waals surface area (Å²) in [5, 5.41) is 6.78. The predicted molar refractivity (Wildman–Crippen MR) is 121 cm³/mol. The van der Waals surface area contributed by atoms with Crippen molar-refractivity contribution in [1.82, 2.24) is 15.5 Å². The van der Waals surface area contributed by atoms with Crippen LogP contribution in [0.4, 0.5) is 0 Å². The molecule has 0 aliphatic carbocycles. The van der Waals surface area contributed by atoms with Crippen LogP contribution in [-0.2, 0) is 11.2 Å². The molecule has 1 aromatic rings. The zero-order chi connectivity index (χ0) is 21.2. The van der Waals surface area contributed by atoms with Crippen LogP contribution in [0, 0.1) is 0 Å². The molecule has 2 N–H and O–H groups in total. The summed E-state index contributed by atoms with van der Waals surface area (Å²) in [6, 6.07) is 6.80. The van der Waals surface area contributed by atoms with Gasteiger partial charge in [-0.25, -0.2) is 0 Å². The van der Waals surface area contributed by atoms with Crippen LogP contribution in [0.3, 0.4) is 0 Å². The Hall–Kier alpha value is -1.99. The smallest absolute Gasteiger partial charge is 0.191 e. The first kappa shape index (κ1) is 22.7. The number of rotatable bonds is 10. The molecule has 30 heavy (non-hydrogen) atoms. The van der Waals surface area contributed by atoms with Crippen molar-refractivity contribution in [2.45, 2.75) is 52.2 Å². The number of fused-ring (bicyclic) bond motifs is 1. The number of guanidine groups is 1. The van der Waals surface area contributed by atoms with Crippen molar-refractivity contribution in [3.05, 3.63) is 23.8 Å². The van der Waals surface area contributed by atoms with Crippen LogP contribution < -0.4 is 20.1 Å². The molecule has 2 aliphatic heterocycles. The number of nitrogens with one attached hydrogen (secondary N) is 2. The van der Waals surface area contributed by atoms with Crippen molar-refractivity contribution in [3.63, 3.8) is 0 Å². The third-order valence-corrected chi connectivity index (χ3v) is 5.57. The molecule has 2 saturated heterocycles. The molecule has 0 aromatic heterocycles. The lowest BCUT2D eigenvalue weighted by Gasteiger charge is -2.34. The van der Waals surface area contributed by atoms with Gasteiger partial charge in [0.2, 0.25) is 0 Å². The average Bonchev–Trinajstić information content (AvgIpc) is 3.22. The molecule has 7 heteroatoms. The van der Waals surface area contributed by atoms with Crippen molar-refractivity contribution in [1.29, 1.82) is 0 Å². The second-order valence-electron chi connectivity index (χ2n) is 7.79. The third kappa shape index (κ3) is 6.51. The van der Waals surface area contributed by atoms with E-state index < -0.39 is 0 Å². The number of ether oxygens (including phenoxy) is 3. The van der Waals surface area contributed by atoms with Gasteiger partial charge in [0.1, 0.15) is 0 Å². The Bertz CT molecular complexity index is 682. The van der Waals surface area contributed by atoms with E-state index in [9.17, 15) is 0 Å². The zero-order valence-electron chi connectivity index (χ0n) is 18.8. The van der Waals surface area contributed by atoms with Gasteiger partial charge in [-0.1, -0.05) is 6.07 Å². The monoisotopic (exact) mass is 418 g/mol. The Morgan fingerprint density at radius 3 is 2.80 bits per heavy atom. The molecule has 3 rings (SSSR count). The number of aliphatic imine (C=N–C) groups is 1. The molecule has 0 saturated carbocycles. The molecule has 0 amide bonds. The first-order valence-electron chi connectivity index (χ1n) is 11.5. The third-order valence-electron chi connectivity index (χ3n) is 5.57. The molecule has 1 aromatic carbocycles. The van der Waals surface area contributed by atoms with Crippen LogP contribution in [0.25, 0.3) is 0 Å². The van der Waals surface area contributed by atoms with Gasteiger partial charge in [0.15, 0.2) is 17.5 Å². The molecule has 168 valence electrons. The van der Waals surface area contributed by atoms with Crippen LogP contribution in [0.1, 0.15) is 39.2 Å². The largest absolute Gasteiger partial charge is 0.490 e. The number of hydrogen-bond donors (Lipinski definition) is 2. The fraction of sp³-hybridized carbons (Fsp3) is 0.696. The summed E-state index contributed by atoms with van der Waals surface area (Å²) in [6.07, 6.45) is 3.64. The molecular weight excluding hydrogens is 380 g/mol. The maximum Gasteiger partial charge on any atom is 0.191 e. The van der Waals surface area contributed by atoms with Crippen LogP contribution in [0.15, 0.2) is 23.2 Å². The quantitative estimate of drug-likeness (QED) is 0.449. The van der Waals surface area contributed by atoms with Gasteiger partial charge in [0.05, 0.1) is 32.5 Å². The molecule has 0 spiro atoms. The maximum atomic E-state index is 6.03. The van der Waals surface area contributed by atoms with E-state index in [4.69, 9.17) is 19.2 Å². The summed E-state index contributed by atoms with van der Waals surface area (Å²) >= 11 is 0. The SMILES string of the molecule is CCNC(=NCC1CN2CCCC2CO1)NCCc1ccc(OCC)c(OCC)c1. The summed E-state index contributed by atoms with van der Waals surface area (Å²) in [7, 11) is 0. The van der Waals surface area contributed by atoms with E-state index in [0.29, 0.717) is 25.8 Å². The van der Waals surface area contributed by atoms with Crippen molar-refractivity contribution >= 4 is 5.96 Å². The fourth-order valence-corrected chi connectivity index (χ4v) is 4.11. The normalized spacial score (nSPS) is 21.9. The summed E-state index contributed by atoms with van der Waals surface area (Å²) in [5.74, 6) is 2.46. The summed E-state index contributed by atoms with van der Waals surface area (Å²) in [4.78, 5) is 7.33. The van der Waals surface area contributed by atoms with Gasteiger partial charge in [0.25, 0.3) is 0 Å². The van der Waals surface area contributed by atoms with Gasteiger partial charge >= 0.3 is 0 Å². The fourth-order valence-electron chi connectivity index (χ4n) is 4.11. The molecule has 2 unspecified atom stereocenters. The van der Waals surface area contributed by atoms with Crippen LogP contribution in [0.5, 0.6) is 11.5 Å². The van der Waals surface area contributed by atoms with Crippen molar-refractivity contribution in [2.75, 3.05) is 52.5 Å².